The summed E-state index contributed by atoms with van der Waals surface area (Å²) < 4.78 is 0. The van der Waals surface area contributed by atoms with Crippen molar-refractivity contribution in [2.45, 2.75) is 26.3 Å². The molecule has 0 bridgehead atoms. The Kier molecular flexibility index (Phi) is 1.58. The lowest BCUT2D eigenvalue weighted by molar-refractivity contribution is 0.838. The molecule has 0 aromatic carbocycles. The summed E-state index contributed by atoms with van der Waals surface area (Å²) in [6, 6.07) is 0. The summed E-state index contributed by atoms with van der Waals surface area (Å²) in [5.74, 6) is 1.58. The van der Waals surface area contributed by atoms with Gasteiger partial charge in [0.25, 0.3) is 0 Å². The van der Waals surface area contributed by atoms with Crippen LogP contribution in [-0.4, -0.2) is 4.98 Å². The third-order valence-corrected chi connectivity index (χ3v) is 3.02. The van der Waals surface area contributed by atoms with Crippen molar-refractivity contribution in [1.29, 1.82) is 0 Å². The first-order valence-electron chi connectivity index (χ1n) is 3.76. The molecule has 1 aromatic heterocycles. The Bertz CT molecular complexity index is 245. The predicted molar refractivity (Wildman–Crippen MR) is 46.7 cm³/mol. The molecular weight excluding hydrogens is 158 g/mol. The van der Waals surface area contributed by atoms with Gasteiger partial charge in [0, 0.05) is 5.92 Å². The fourth-order valence-electron chi connectivity index (χ4n) is 1.04. The van der Waals surface area contributed by atoms with E-state index >= 15 is 0 Å². The summed E-state index contributed by atoms with van der Waals surface area (Å²) in [6.45, 7) is 5.25. The molecule has 2 rings (SSSR count). The van der Waals surface area contributed by atoms with Crippen LogP contribution in [0.15, 0.2) is 0 Å². The van der Waals surface area contributed by atoms with E-state index in [1.165, 1.54) is 9.88 Å². The maximum atomic E-state index is 4.44. The van der Waals surface area contributed by atoms with Gasteiger partial charge in [0.05, 0.1) is 16.4 Å². The highest BCUT2D eigenvalue weighted by atomic mass is 32.1. The van der Waals surface area contributed by atoms with Crippen molar-refractivity contribution in [2.75, 3.05) is 5.43 Å². The molecule has 60 valence electrons. The largest absolute Gasteiger partial charge is 0.304 e. The van der Waals surface area contributed by atoms with Crippen LogP contribution in [0.3, 0.4) is 0 Å². The number of nitrogens with zero attached hydrogens (tertiary/aromatic N) is 1. The molecule has 4 heteroatoms. The smallest absolute Gasteiger partial charge is 0.156 e. The van der Waals surface area contributed by atoms with E-state index in [-0.39, 0.29) is 0 Å². The van der Waals surface area contributed by atoms with Crippen molar-refractivity contribution in [3.8, 4) is 0 Å². The maximum Gasteiger partial charge on any atom is 0.156 e. The molecule has 2 heterocycles. The number of fused-ring (bicyclic) bond motifs is 1. The first-order valence-corrected chi connectivity index (χ1v) is 4.57. The molecule has 1 aliphatic rings. The lowest BCUT2D eigenvalue weighted by Gasteiger charge is -1.97. The van der Waals surface area contributed by atoms with Crippen LogP contribution in [-0.2, 0) is 6.54 Å². The molecule has 3 nitrogen and oxygen atoms in total. The molecule has 11 heavy (non-hydrogen) atoms. The SMILES string of the molecule is CC(C)c1nc2c(s1)CNN2. The lowest BCUT2D eigenvalue weighted by Crippen LogP contribution is -2.12. The molecule has 0 radical (unpaired) electrons. The Morgan fingerprint density at radius 2 is 2.36 bits per heavy atom. The standard InChI is InChI=1S/C7H11N3S/c1-4(2)7-9-6-5(11-7)3-8-10-6/h4,8,10H,3H2,1-2H3. The van der Waals surface area contributed by atoms with Gasteiger partial charge in [0.1, 0.15) is 0 Å². The predicted octanol–water partition coefficient (Wildman–Crippen LogP) is 1.70. The second-order valence-electron chi connectivity index (χ2n) is 2.96. The van der Waals surface area contributed by atoms with E-state index in [4.69, 9.17) is 0 Å². The van der Waals surface area contributed by atoms with Crippen LogP contribution < -0.4 is 10.9 Å². The Balaban J connectivity index is 2.34. The number of nitrogens with one attached hydrogen (secondary N) is 2. The van der Waals surface area contributed by atoms with Crippen LogP contribution in [0.4, 0.5) is 5.82 Å². The molecule has 0 atom stereocenters. The van der Waals surface area contributed by atoms with Crippen LogP contribution in [0.2, 0.25) is 0 Å². The second kappa shape index (κ2) is 2.46. The molecule has 0 fully saturated rings. The van der Waals surface area contributed by atoms with Gasteiger partial charge in [-0.15, -0.1) is 11.3 Å². The number of hydrazine groups is 1. The average Bonchev–Trinajstić information content (AvgIpc) is 2.40. The number of rotatable bonds is 1. The minimum atomic E-state index is 0.549. The first-order chi connectivity index (χ1) is 5.27. The molecular formula is C7H11N3S. The van der Waals surface area contributed by atoms with Gasteiger partial charge >= 0.3 is 0 Å². The molecule has 0 saturated heterocycles. The van der Waals surface area contributed by atoms with Crippen LogP contribution in [0, 0.1) is 0 Å². The average molecular weight is 169 g/mol. The van der Waals surface area contributed by atoms with Crippen LogP contribution in [0.1, 0.15) is 29.7 Å². The summed E-state index contributed by atoms with van der Waals surface area (Å²) >= 11 is 1.79. The number of anilines is 1. The highest BCUT2D eigenvalue weighted by molar-refractivity contribution is 7.12. The zero-order chi connectivity index (χ0) is 7.84. The highest BCUT2D eigenvalue weighted by Gasteiger charge is 2.16. The first kappa shape index (κ1) is 7.06. The van der Waals surface area contributed by atoms with Gasteiger partial charge in [-0.25, -0.2) is 10.4 Å². The van der Waals surface area contributed by atoms with Crippen LogP contribution in [0.25, 0.3) is 0 Å². The molecule has 0 amide bonds. The molecule has 2 N–H and O–H groups in total. The third-order valence-electron chi connectivity index (χ3n) is 1.66. The van der Waals surface area contributed by atoms with Crippen molar-refractivity contribution in [2.24, 2.45) is 0 Å². The van der Waals surface area contributed by atoms with Gasteiger partial charge < -0.3 is 5.43 Å². The minimum absolute atomic E-state index is 0.549. The molecule has 1 aliphatic heterocycles. The van der Waals surface area contributed by atoms with Gasteiger partial charge in [0.2, 0.25) is 0 Å². The summed E-state index contributed by atoms with van der Waals surface area (Å²) in [5, 5.41) is 1.23. The van der Waals surface area contributed by atoms with E-state index < -0.39 is 0 Å². The fraction of sp³-hybridized carbons (Fsp3) is 0.571. The molecule has 0 aliphatic carbocycles. The van der Waals surface area contributed by atoms with Crippen molar-refractivity contribution in [3.63, 3.8) is 0 Å². The number of thiazole rings is 1. The molecule has 0 saturated carbocycles. The quantitative estimate of drug-likeness (QED) is 0.672. The zero-order valence-electron chi connectivity index (χ0n) is 6.64. The van der Waals surface area contributed by atoms with Crippen molar-refractivity contribution >= 4 is 17.2 Å². The Hall–Kier alpha value is -0.610. The summed E-state index contributed by atoms with van der Waals surface area (Å²) in [7, 11) is 0. The van der Waals surface area contributed by atoms with E-state index in [0.29, 0.717) is 5.92 Å². The normalized spacial score (nSPS) is 15.2. The maximum absolute atomic E-state index is 4.44. The minimum Gasteiger partial charge on any atom is -0.304 e. The van der Waals surface area contributed by atoms with E-state index in [2.05, 4.69) is 29.7 Å². The third kappa shape index (κ3) is 1.12. The fourth-order valence-corrected chi connectivity index (χ4v) is 2.01. The van der Waals surface area contributed by atoms with E-state index in [1.54, 1.807) is 11.3 Å². The van der Waals surface area contributed by atoms with Crippen LogP contribution >= 0.6 is 11.3 Å². The highest BCUT2D eigenvalue weighted by Crippen LogP contribution is 2.29. The number of hydrogen-bond donors (Lipinski definition) is 2. The van der Waals surface area contributed by atoms with Crippen molar-refractivity contribution < 1.29 is 0 Å². The van der Waals surface area contributed by atoms with Crippen molar-refractivity contribution in [3.05, 3.63) is 9.88 Å². The van der Waals surface area contributed by atoms with Crippen molar-refractivity contribution in [1.82, 2.24) is 10.4 Å². The van der Waals surface area contributed by atoms with Gasteiger partial charge in [-0.05, 0) is 0 Å². The summed E-state index contributed by atoms with van der Waals surface area (Å²) in [6.07, 6.45) is 0. The topological polar surface area (TPSA) is 37.0 Å². The number of hydrogen-bond acceptors (Lipinski definition) is 4. The second-order valence-corrected chi connectivity index (χ2v) is 4.07. The van der Waals surface area contributed by atoms with E-state index in [9.17, 15) is 0 Å². The van der Waals surface area contributed by atoms with Crippen LogP contribution in [0.5, 0.6) is 0 Å². The summed E-state index contributed by atoms with van der Waals surface area (Å²) in [5.41, 5.74) is 6.06. The molecule has 1 aromatic rings. The van der Waals surface area contributed by atoms with Gasteiger partial charge in [-0.3, -0.25) is 0 Å². The van der Waals surface area contributed by atoms with Gasteiger partial charge in [-0.1, -0.05) is 13.8 Å². The molecule has 0 spiro atoms. The molecule has 0 unspecified atom stereocenters. The zero-order valence-corrected chi connectivity index (χ0v) is 7.46. The monoisotopic (exact) mass is 169 g/mol. The Morgan fingerprint density at radius 1 is 1.55 bits per heavy atom. The lowest BCUT2D eigenvalue weighted by atomic mass is 10.2. The Labute approximate surface area is 69.8 Å². The Morgan fingerprint density at radius 3 is 3.00 bits per heavy atom. The van der Waals surface area contributed by atoms with E-state index in [1.807, 2.05) is 0 Å². The summed E-state index contributed by atoms with van der Waals surface area (Å²) in [4.78, 5) is 5.76. The van der Waals surface area contributed by atoms with Gasteiger partial charge in [-0.2, -0.15) is 0 Å². The van der Waals surface area contributed by atoms with E-state index in [0.717, 1.165) is 12.4 Å². The number of aromatic nitrogens is 1. The van der Waals surface area contributed by atoms with Gasteiger partial charge in [0.15, 0.2) is 5.82 Å².